The lowest BCUT2D eigenvalue weighted by Gasteiger charge is -2.24. The Morgan fingerprint density at radius 2 is 1.93 bits per heavy atom. The van der Waals surface area contributed by atoms with E-state index in [0.717, 1.165) is 5.56 Å². The molecule has 0 fully saturated rings. The fourth-order valence-electron chi connectivity index (χ4n) is 2.04. The number of hydrogen-bond donors (Lipinski definition) is 1. The quantitative estimate of drug-likeness (QED) is 0.781. The lowest BCUT2D eigenvalue weighted by molar-refractivity contribution is 0.0761. The summed E-state index contributed by atoms with van der Waals surface area (Å²) in [6.07, 6.45) is 0.405. The van der Waals surface area contributed by atoms with Crippen molar-refractivity contribution in [2.45, 2.75) is 36.0 Å². The van der Waals surface area contributed by atoms with Gasteiger partial charge in [0, 0.05) is 0 Å². The number of rotatable bonds is 1. The Labute approximate surface area is 89.7 Å². The lowest BCUT2D eigenvalue weighted by Crippen LogP contribution is -2.40. The summed E-state index contributed by atoms with van der Waals surface area (Å²) in [4.78, 5) is 0.372. The van der Waals surface area contributed by atoms with Crippen molar-refractivity contribution in [1.29, 1.82) is 0 Å². The zero-order valence-corrected chi connectivity index (χ0v) is 9.58. The highest BCUT2D eigenvalue weighted by molar-refractivity contribution is 7.92. The van der Waals surface area contributed by atoms with Gasteiger partial charge in [0.25, 0.3) is 0 Å². The van der Waals surface area contributed by atoms with Gasteiger partial charge in [-0.15, -0.1) is 0 Å². The molecule has 1 unspecified atom stereocenters. The fraction of sp³-hybridized carbons (Fsp3) is 0.455. The van der Waals surface area contributed by atoms with Gasteiger partial charge in [-0.25, -0.2) is 8.42 Å². The van der Waals surface area contributed by atoms with E-state index in [1.807, 2.05) is 6.07 Å². The van der Waals surface area contributed by atoms with Gasteiger partial charge in [0.1, 0.15) is 0 Å². The lowest BCUT2D eigenvalue weighted by atomic mass is 9.99. The van der Waals surface area contributed by atoms with Gasteiger partial charge < -0.3 is 5.11 Å². The van der Waals surface area contributed by atoms with Crippen LogP contribution in [0.5, 0.6) is 0 Å². The van der Waals surface area contributed by atoms with Crippen molar-refractivity contribution < 1.29 is 13.5 Å². The Morgan fingerprint density at radius 3 is 2.47 bits per heavy atom. The van der Waals surface area contributed by atoms with Gasteiger partial charge >= 0.3 is 0 Å². The monoisotopic (exact) mass is 226 g/mol. The predicted octanol–water partition coefficient (Wildman–Crippen LogP) is 1.16. The molecule has 0 spiro atoms. The van der Waals surface area contributed by atoms with Crippen LogP contribution < -0.4 is 0 Å². The third-order valence-electron chi connectivity index (χ3n) is 2.85. The molecule has 0 saturated carbocycles. The highest BCUT2D eigenvalue weighted by Gasteiger charge is 2.44. The van der Waals surface area contributed by atoms with Crippen LogP contribution in [0.15, 0.2) is 29.2 Å². The van der Waals surface area contributed by atoms with Crippen LogP contribution in [0.4, 0.5) is 0 Å². The van der Waals surface area contributed by atoms with Crippen LogP contribution in [0.1, 0.15) is 19.4 Å². The number of benzene rings is 1. The molecule has 4 heteroatoms. The van der Waals surface area contributed by atoms with Gasteiger partial charge in [0.05, 0.1) is 15.7 Å². The average molecular weight is 226 g/mol. The van der Waals surface area contributed by atoms with Gasteiger partial charge in [-0.3, -0.25) is 0 Å². The summed E-state index contributed by atoms with van der Waals surface area (Å²) in [5.41, 5.74) is -0.387. The molecule has 0 bridgehead atoms. The zero-order chi connectivity index (χ0) is 11.3. The van der Waals surface area contributed by atoms with Gasteiger partial charge in [0.2, 0.25) is 0 Å². The molecule has 1 N–H and O–H groups in total. The van der Waals surface area contributed by atoms with Crippen LogP contribution in [0.2, 0.25) is 0 Å². The summed E-state index contributed by atoms with van der Waals surface area (Å²) in [6, 6.07) is 6.94. The highest BCUT2D eigenvalue weighted by Crippen LogP contribution is 2.36. The van der Waals surface area contributed by atoms with E-state index >= 15 is 0 Å². The molecule has 0 radical (unpaired) electrons. The van der Waals surface area contributed by atoms with Crippen molar-refractivity contribution >= 4 is 9.84 Å². The van der Waals surface area contributed by atoms with Crippen molar-refractivity contribution in [3.05, 3.63) is 29.8 Å². The van der Waals surface area contributed by atoms with Crippen molar-refractivity contribution in [2.24, 2.45) is 0 Å². The smallest absolute Gasteiger partial charge is 0.184 e. The minimum absolute atomic E-state index is 0.372. The van der Waals surface area contributed by atoms with Crippen LogP contribution in [-0.4, -0.2) is 24.4 Å². The maximum absolute atomic E-state index is 12.1. The minimum Gasteiger partial charge on any atom is -0.389 e. The molecule has 1 heterocycles. The minimum atomic E-state index is -3.35. The number of aliphatic hydroxyl groups is 1. The molecule has 0 aliphatic carbocycles. The van der Waals surface area contributed by atoms with Gasteiger partial charge in [-0.2, -0.15) is 0 Å². The van der Waals surface area contributed by atoms with Crippen LogP contribution in [-0.2, 0) is 16.3 Å². The van der Waals surface area contributed by atoms with Crippen molar-refractivity contribution in [1.82, 2.24) is 0 Å². The average Bonchev–Trinajstić information content (AvgIpc) is 2.39. The van der Waals surface area contributed by atoms with Crippen LogP contribution >= 0.6 is 0 Å². The molecular weight excluding hydrogens is 212 g/mol. The third kappa shape index (κ3) is 1.58. The molecule has 1 atom stereocenters. The van der Waals surface area contributed by atoms with E-state index < -0.39 is 20.7 Å². The van der Waals surface area contributed by atoms with Crippen molar-refractivity contribution in [2.75, 3.05) is 0 Å². The second-order valence-corrected chi connectivity index (χ2v) is 6.60. The maximum atomic E-state index is 12.1. The summed E-state index contributed by atoms with van der Waals surface area (Å²) >= 11 is 0. The molecule has 15 heavy (non-hydrogen) atoms. The summed E-state index contributed by atoms with van der Waals surface area (Å²) in [5.74, 6) is 0. The number of fused-ring (bicyclic) bond motifs is 1. The first kappa shape index (κ1) is 10.6. The fourth-order valence-corrected chi connectivity index (χ4v) is 4.29. The molecule has 2 rings (SSSR count). The van der Waals surface area contributed by atoms with Crippen LogP contribution in [0.3, 0.4) is 0 Å². The predicted molar refractivity (Wildman–Crippen MR) is 57.4 cm³/mol. The Morgan fingerprint density at radius 1 is 1.33 bits per heavy atom. The molecule has 1 aliphatic rings. The van der Waals surface area contributed by atoms with Crippen LogP contribution in [0, 0.1) is 0 Å². The second-order valence-electron chi connectivity index (χ2n) is 4.50. The molecule has 1 aliphatic heterocycles. The summed E-state index contributed by atoms with van der Waals surface area (Å²) in [6.45, 7) is 3.09. The standard InChI is InChI=1S/C11H14O3S/c1-11(2,12)10-7-8-5-3-4-6-9(8)15(10,13)14/h3-6,10,12H,7H2,1-2H3. The largest absolute Gasteiger partial charge is 0.389 e. The Kier molecular flexibility index (Phi) is 2.17. The molecule has 0 saturated heterocycles. The molecule has 0 amide bonds. The Bertz CT molecular complexity index is 483. The van der Waals surface area contributed by atoms with E-state index in [1.165, 1.54) is 0 Å². The summed E-state index contributed by atoms with van der Waals surface area (Å²) in [5, 5.41) is 9.13. The number of hydrogen-bond acceptors (Lipinski definition) is 3. The van der Waals surface area contributed by atoms with E-state index in [1.54, 1.807) is 32.0 Å². The van der Waals surface area contributed by atoms with E-state index in [4.69, 9.17) is 0 Å². The first-order valence-corrected chi connectivity index (χ1v) is 6.42. The first-order chi connectivity index (χ1) is 6.83. The normalized spacial score (nSPS) is 23.8. The third-order valence-corrected chi connectivity index (χ3v) is 5.35. The summed E-state index contributed by atoms with van der Waals surface area (Å²) in [7, 11) is -3.35. The Hall–Kier alpha value is -0.870. The van der Waals surface area contributed by atoms with Crippen molar-refractivity contribution in [3.63, 3.8) is 0 Å². The van der Waals surface area contributed by atoms with E-state index in [-0.39, 0.29) is 0 Å². The maximum Gasteiger partial charge on any atom is 0.184 e. The number of sulfone groups is 1. The van der Waals surface area contributed by atoms with E-state index in [2.05, 4.69) is 0 Å². The van der Waals surface area contributed by atoms with E-state index in [0.29, 0.717) is 11.3 Å². The molecule has 0 aromatic heterocycles. The van der Waals surface area contributed by atoms with Gasteiger partial charge in [-0.05, 0) is 31.9 Å². The Balaban J connectivity index is 2.58. The van der Waals surface area contributed by atoms with Crippen LogP contribution in [0.25, 0.3) is 0 Å². The molecule has 1 aromatic rings. The van der Waals surface area contributed by atoms with E-state index in [9.17, 15) is 13.5 Å². The first-order valence-electron chi connectivity index (χ1n) is 4.87. The second kappa shape index (κ2) is 3.06. The molecular formula is C11H14O3S. The molecule has 3 nitrogen and oxygen atoms in total. The topological polar surface area (TPSA) is 54.4 Å². The zero-order valence-electron chi connectivity index (χ0n) is 8.77. The SMILES string of the molecule is CC(C)(O)C1Cc2ccccc2S1(=O)=O. The molecule has 1 aromatic carbocycles. The van der Waals surface area contributed by atoms with Crippen molar-refractivity contribution in [3.8, 4) is 0 Å². The molecule has 82 valence electrons. The van der Waals surface area contributed by atoms with Gasteiger partial charge in [0.15, 0.2) is 9.84 Å². The highest BCUT2D eigenvalue weighted by atomic mass is 32.2. The summed E-state index contributed by atoms with van der Waals surface area (Å²) < 4.78 is 24.1. The van der Waals surface area contributed by atoms with Gasteiger partial charge in [-0.1, -0.05) is 18.2 Å².